The van der Waals surface area contributed by atoms with Crippen molar-refractivity contribution in [1.82, 2.24) is 5.16 Å². The SMILES string of the molecule is Cc1noc(-c2ccc(-c3ccc(C4(C(=O)O)CC4)cc3)cc2)c1NSCc1ccccc1Cl. The van der Waals surface area contributed by atoms with E-state index in [1.165, 1.54) is 11.9 Å². The van der Waals surface area contributed by atoms with Crippen LogP contribution in [0.25, 0.3) is 22.5 Å². The third-order valence-electron chi connectivity index (χ3n) is 6.30. The van der Waals surface area contributed by atoms with Gasteiger partial charge in [0.2, 0.25) is 0 Å². The van der Waals surface area contributed by atoms with Crippen LogP contribution in [0.4, 0.5) is 5.69 Å². The highest BCUT2D eigenvalue weighted by Gasteiger charge is 2.51. The maximum absolute atomic E-state index is 11.6. The molecule has 172 valence electrons. The second-order valence-electron chi connectivity index (χ2n) is 8.50. The van der Waals surface area contributed by atoms with E-state index < -0.39 is 11.4 Å². The Morgan fingerprint density at radius 3 is 2.26 bits per heavy atom. The van der Waals surface area contributed by atoms with Crippen LogP contribution in [0.5, 0.6) is 0 Å². The van der Waals surface area contributed by atoms with E-state index in [4.69, 9.17) is 16.1 Å². The molecule has 1 fully saturated rings. The average molecular weight is 491 g/mol. The standard InChI is InChI=1S/C27H23ClN2O3S/c1-17-24(30-34-16-21-4-2-3-5-23(21)28)25(33-29-17)20-8-6-18(7-9-20)19-10-12-22(13-11-19)27(14-15-27)26(31)32/h2-13,30H,14-16H2,1H3,(H,31,32). The zero-order chi connectivity index (χ0) is 23.7. The fraction of sp³-hybridized carbons (Fsp3) is 0.185. The molecule has 5 nitrogen and oxygen atoms in total. The van der Waals surface area contributed by atoms with Gasteiger partial charge in [-0.3, -0.25) is 4.79 Å². The largest absolute Gasteiger partial charge is 0.481 e. The zero-order valence-electron chi connectivity index (χ0n) is 18.5. The Morgan fingerprint density at radius 1 is 1.03 bits per heavy atom. The first kappa shape index (κ1) is 22.6. The second-order valence-corrected chi connectivity index (χ2v) is 9.68. The van der Waals surface area contributed by atoms with Crippen LogP contribution >= 0.6 is 23.5 Å². The number of rotatable bonds is 8. The number of aromatic nitrogens is 1. The van der Waals surface area contributed by atoms with Gasteiger partial charge in [0, 0.05) is 16.3 Å². The molecule has 0 unspecified atom stereocenters. The van der Waals surface area contributed by atoms with E-state index in [1.807, 2.05) is 79.7 Å². The number of nitrogens with one attached hydrogen (secondary N) is 1. The first-order valence-corrected chi connectivity index (χ1v) is 12.4. The summed E-state index contributed by atoms with van der Waals surface area (Å²) >= 11 is 7.79. The van der Waals surface area contributed by atoms with Crippen molar-refractivity contribution < 1.29 is 14.4 Å². The molecule has 1 aliphatic rings. The molecule has 0 bridgehead atoms. The van der Waals surface area contributed by atoms with E-state index in [-0.39, 0.29) is 0 Å². The summed E-state index contributed by atoms with van der Waals surface area (Å²) in [6, 6.07) is 23.7. The van der Waals surface area contributed by atoms with E-state index >= 15 is 0 Å². The smallest absolute Gasteiger partial charge is 0.314 e. The molecule has 2 N–H and O–H groups in total. The van der Waals surface area contributed by atoms with Crippen molar-refractivity contribution in [3.05, 3.63) is 94.6 Å². The molecule has 7 heteroatoms. The fourth-order valence-corrected chi connectivity index (χ4v) is 5.18. The van der Waals surface area contributed by atoms with E-state index in [0.717, 1.165) is 44.2 Å². The zero-order valence-corrected chi connectivity index (χ0v) is 20.1. The Labute approximate surface area is 207 Å². The minimum atomic E-state index is -0.735. The van der Waals surface area contributed by atoms with E-state index in [1.54, 1.807) is 0 Å². The van der Waals surface area contributed by atoms with Gasteiger partial charge < -0.3 is 14.4 Å². The summed E-state index contributed by atoms with van der Waals surface area (Å²) < 4.78 is 9.00. The molecule has 5 rings (SSSR count). The van der Waals surface area contributed by atoms with Crippen LogP contribution in [0.15, 0.2) is 77.3 Å². The normalized spacial score (nSPS) is 14.1. The van der Waals surface area contributed by atoms with Gasteiger partial charge >= 0.3 is 5.97 Å². The summed E-state index contributed by atoms with van der Waals surface area (Å²) in [4.78, 5) is 11.6. The minimum absolute atomic E-state index is 0.681. The lowest BCUT2D eigenvalue weighted by Gasteiger charge is -2.11. The Bertz CT molecular complexity index is 1330. The van der Waals surface area contributed by atoms with Gasteiger partial charge in [0.05, 0.1) is 5.41 Å². The molecule has 1 aromatic heterocycles. The number of hydrogen-bond acceptors (Lipinski definition) is 5. The lowest BCUT2D eigenvalue weighted by molar-refractivity contribution is -0.140. The number of carboxylic acids is 1. The monoisotopic (exact) mass is 490 g/mol. The maximum Gasteiger partial charge on any atom is 0.314 e. The summed E-state index contributed by atoms with van der Waals surface area (Å²) in [5.41, 5.74) is 5.90. The van der Waals surface area contributed by atoms with Gasteiger partial charge in [-0.25, -0.2) is 0 Å². The van der Waals surface area contributed by atoms with Gasteiger partial charge in [0.15, 0.2) is 5.76 Å². The average Bonchev–Trinajstić information content (AvgIpc) is 3.59. The molecule has 0 saturated heterocycles. The molecule has 34 heavy (non-hydrogen) atoms. The van der Waals surface area contributed by atoms with E-state index in [0.29, 0.717) is 24.4 Å². The molecule has 0 radical (unpaired) electrons. The molecule has 0 aliphatic heterocycles. The fourth-order valence-electron chi connectivity index (χ4n) is 4.04. The molecule has 0 amide bonds. The Balaban J connectivity index is 1.30. The highest BCUT2D eigenvalue weighted by atomic mass is 35.5. The summed E-state index contributed by atoms with van der Waals surface area (Å²) in [6.07, 6.45) is 1.42. The summed E-state index contributed by atoms with van der Waals surface area (Å²) in [5.74, 6) is 0.659. The third kappa shape index (κ3) is 4.31. The number of aliphatic carboxylic acids is 1. The van der Waals surface area contributed by atoms with Crippen LogP contribution in [0, 0.1) is 6.92 Å². The van der Waals surface area contributed by atoms with Crippen LogP contribution in [0.1, 0.15) is 29.7 Å². The molecule has 1 saturated carbocycles. The van der Waals surface area contributed by atoms with Crippen LogP contribution < -0.4 is 4.72 Å². The number of carboxylic acid groups (broad SMARTS) is 1. The molecule has 0 spiro atoms. The summed E-state index contributed by atoms with van der Waals surface area (Å²) in [6.45, 7) is 1.91. The number of benzene rings is 3. The van der Waals surface area contributed by atoms with Crippen molar-refractivity contribution in [2.24, 2.45) is 0 Å². The molecular weight excluding hydrogens is 468 g/mol. The van der Waals surface area contributed by atoms with Crippen molar-refractivity contribution in [2.45, 2.75) is 30.9 Å². The lowest BCUT2D eigenvalue weighted by Crippen LogP contribution is -2.19. The number of halogens is 1. The Morgan fingerprint density at radius 2 is 1.65 bits per heavy atom. The van der Waals surface area contributed by atoms with Crippen LogP contribution in [0.3, 0.4) is 0 Å². The van der Waals surface area contributed by atoms with Crippen molar-refractivity contribution >= 4 is 35.2 Å². The maximum atomic E-state index is 11.6. The molecule has 0 atom stereocenters. The summed E-state index contributed by atoms with van der Waals surface area (Å²) in [5, 5.41) is 14.4. The van der Waals surface area contributed by atoms with Gasteiger partial charge in [-0.05, 0) is 60.0 Å². The highest BCUT2D eigenvalue weighted by Crippen LogP contribution is 2.48. The number of carbonyl (C=O) groups is 1. The van der Waals surface area contributed by atoms with Gasteiger partial charge in [-0.1, -0.05) is 83.5 Å². The number of hydrogen-bond donors (Lipinski definition) is 2. The number of nitrogens with zero attached hydrogens (tertiary/aromatic N) is 1. The number of aryl methyl sites for hydroxylation is 1. The van der Waals surface area contributed by atoms with Crippen LogP contribution in [0.2, 0.25) is 5.02 Å². The quantitative estimate of drug-likeness (QED) is 0.251. The second kappa shape index (κ2) is 9.20. The molecule has 1 aliphatic carbocycles. The molecule has 1 heterocycles. The number of anilines is 1. The topological polar surface area (TPSA) is 75.4 Å². The predicted octanol–water partition coefficient (Wildman–Crippen LogP) is 7.35. The van der Waals surface area contributed by atoms with Crippen molar-refractivity contribution in [3.63, 3.8) is 0 Å². The Kier molecular flexibility index (Phi) is 6.11. The van der Waals surface area contributed by atoms with Gasteiger partial charge in [-0.15, -0.1) is 0 Å². The molecular formula is C27H23ClN2O3S. The van der Waals surface area contributed by atoms with Crippen LogP contribution in [-0.2, 0) is 16.0 Å². The first-order valence-electron chi connectivity index (χ1n) is 11.0. The van der Waals surface area contributed by atoms with Gasteiger partial charge in [-0.2, -0.15) is 0 Å². The lowest BCUT2D eigenvalue weighted by atomic mass is 9.93. The first-order chi connectivity index (χ1) is 16.5. The van der Waals surface area contributed by atoms with E-state index in [9.17, 15) is 9.90 Å². The van der Waals surface area contributed by atoms with Crippen LogP contribution in [-0.4, -0.2) is 16.2 Å². The predicted molar refractivity (Wildman–Crippen MR) is 137 cm³/mol. The summed E-state index contributed by atoms with van der Waals surface area (Å²) in [7, 11) is 0. The van der Waals surface area contributed by atoms with Gasteiger partial charge in [0.1, 0.15) is 11.4 Å². The molecule has 4 aromatic rings. The van der Waals surface area contributed by atoms with Gasteiger partial charge in [0.25, 0.3) is 0 Å². The molecule has 3 aromatic carbocycles. The van der Waals surface area contributed by atoms with Crippen molar-refractivity contribution in [3.8, 4) is 22.5 Å². The van der Waals surface area contributed by atoms with Crippen molar-refractivity contribution in [2.75, 3.05) is 4.72 Å². The Hall–Kier alpha value is -3.22. The third-order valence-corrected chi connectivity index (χ3v) is 7.47. The minimum Gasteiger partial charge on any atom is -0.481 e. The highest BCUT2D eigenvalue weighted by molar-refractivity contribution is 7.99. The van der Waals surface area contributed by atoms with Crippen molar-refractivity contribution in [1.29, 1.82) is 0 Å². The van der Waals surface area contributed by atoms with E-state index in [2.05, 4.69) is 9.88 Å².